The van der Waals surface area contributed by atoms with Gasteiger partial charge >= 0.3 is 6.11 Å². The molecule has 0 atom stereocenters. The van der Waals surface area contributed by atoms with Gasteiger partial charge < -0.3 is 9.84 Å². The largest absolute Gasteiger partial charge is 0.508 e. The molecule has 0 fully saturated rings. The van der Waals surface area contributed by atoms with Gasteiger partial charge in [0, 0.05) is 0 Å². The van der Waals surface area contributed by atoms with Gasteiger partial charge in [-0.2, -0.15) is 8.78 Å². The highest BCUT2D eigenvalue weighted by molar-refractivity contribution is 5.47. The molecule has 2 nitrogen and oxygen atoms in total. The van der Waals surface area contributed by atoms with Gasteiger partial charge in [0.2, 0.25) is 0 Å². The molecule has 0 unspecified atom stereocenters. The maximum atomic E-state index is 14.0. The third-order valence-electron chi connectivity index (χ3n) is 2.90. The summed E-state index contributed by atoms with van der Waals surface area (Å²) in [7, 11) is 0. The highest BCUT2D eigenvalue weighted by Gasteiger charge is 2.34. The lowest BCUT2D eigenvalue weighted by Crippen LogP contribution is -2.21. The minimum Gasteiger partial charge on any atom is -0.508 e. The van der Waals surface area contributed by atoms with Gasteiger partial charge in [-0.25, -0.2) is 0 Å². The number of hydrogen-bond acceptors (Lipinski definition) is 2. The van der Waals surface area contributed by atoms with Crippen LogP contribution in [0.2, 0.25) is 0 Å². The molecule has 0 spiro atoms. The molecule has 0 aliphatic rings. The van der Waals surface area contributed by atoms with Crippen LogP contribution in [-0.2, 0) is 6.11 Å². The summed E-state index contributed by atoms with van der Waals surface area (Å²) < 4.78 is 32.7. The van der Waals surface area contributed by atoms with Crippen LogP contribution in [0, 0.1) is 6.92 Å². The van der Waals surface area contributed by atoms with Crippen molar-refractivity contribution < 1.29 is 18.6 Å². The zero-order valence-corrected chi connectivity index (χ0v) is 10.9. The zero-order valence-electron chi connectivity index (χ0n) is 10.9. The molecule has 2 rings (SSSR count). The second-order valence-corrected chi connectivity index (χ2v) is 4.39. The topological polar surface area (TPSA) is 29.5 Å². The monoisotopic (exact) mass is 276 g/mol. The first-order valence-electron chi connectivity index (χ1n) is 6.02. The molecule has 1 N–H and O–H groups in total. The molecule has 0 saturated carbocycles. The number of phenols is 1. The Morgan fingerprint density at radius 3 is 2.35 bits per heavy atom. The van der Waals surface area contributed by atoms with Crippen molar-refractivity contribution >= 4 is 6.08 Å². The third-order valence-corrected chi connectivity index (χ3v) is 2.90. The van der Waals surface area contributed by atoms with Crippen LogP contribution in [0.3, 0.4) is 0 Å². The molecular formula is C16H14F2O2. The van der Waals surface area contributed by atoms with Crippen LogP contribution < -0.4 is 4.74 Å². The molecule has 0 saturated heterocycles. The predicted octanol–water partition coefficient (Wildman–Crippen LogP) is 4.47. The van der Waals surface area contributed by atoms with Crippen LogP contribution in [-0.4, -0.2) is 5.11 Å². The average molecular weight is 276 g/mol. The third kappa shape index (κ3) is 2.96. The summed E-state index contributed by atoms with van der Waals surface area (Å²) in [5.41, 5.74) is 0.985. The van der Waals surface area contributed by atoms with Crippen molar-refractivity contribution in [1.29, 1.82) is 0 Å². The van der Waals surface area contributed by atoms with E-state index in [1.54, 1.807) is 25.1 Å². The van der Waals surface area contributed by atoms with E-state index >= 15 is 0 Å². The zero-order chi connectivity index (χ0) is 14.8. The van der Waals surface area contributed by atoms with Crippen molar-refractivity contribution in [2.75, 3.05) is 0 Å². The van der Waals surface area contributed by atoms with Crippen molar-refractivity contribution in [3.63, 3.8) is 0 Å². The van der Waals surface area contributed by atoms with Crippen LogP contribution in [0.1, 0.15) is 16.7 Å². The standard InChI is InChI=1S/C16H14F2O2/c1-3-12-4-6-13(7-5-12)16(17,18)20-14-8-9-15(19)11(2)10-14/h3-10,19H,1H2,2H3. The molecule has 0 radical (unpaired) electrons. The van der Waals surface area contributed by atoms with Gasteiger partial charge in [-0.05, 0) is 48.4 Å². The highest BCUT2D eigenvalue weighted by Crippen LogP contribution is 2.33. The summed E-state index contributed by atoms with van der Waals surface area (Å²) in [6.07, 6.45) is -1.87. The first-order chi connectivity index (χ1) is 9.42. The SMILES string of the molecule is C=Cc1ccc(C(F)(F)Oc2ccc(O)c(C)c2)cc1. The fourth-order valence-electron chi connectivity index (χ4n) is 1.71. The maximum Gasteiger partial charge on any atom is 0.426 e. The van der Waals surface area contributed by atoms with Crippen molar-refractivity contribution in [2.45, 2.75) is 13.0 Å². The quantitative estimate of drug-likeness (QED) is 0.892. The van der Waals surface area contributed by atoms with E-state index < -0.39 is 6.11 Å². The van der Waals surface area contributed by atoms with Crippen LogP contribution >= 0.6 is 0 Å². The van der Waals surface area contributed by atoms with E-state index in [1.165, 1.54) is 30.3 Å². The number of phenolic OH excluding ortho intramolecular Hbond substituents is 1. The molecule has 0 aromatic heterocycles. The van der Waals surface area contributed by atoms with E-state index in [1.807, 2.05) is 0 Å². The molecule has 0 bridgehead atoms. The Bertz CT molecular complexity index is 619. The van der Waals surface area contributed by atoms with E-state index in [-0.39, 0.29) is 17.1 Å². The second kappa shape index (κ2) is 5.33. The van der Waals surface area contributed by atoms with Gasteiger partial charge in [0.15, 0.2) is 0 Å². The number of aromatic hydroxyl groups is 1. The molecule has 2 aromatic carbocycles. The summed E-state index contributed by atoms with van der Waals surface area (Å²) in [6, 6.07) is 9.66. The number of aryl methyl sites for hydroxylation is 1. The summed E-state index contributed by atoms with van der Waals surface area (Å²) in [4.78, 5) is 0. The van der Waals surface area contributed by atoms with Gasteiger partial charge in [0.1, 0.15) is 11.5 Å². The van der Waals surface area contributed by atoms with Gasteiger partial charge in [-0.3, -0.25) is 0 Å². The first kappa shape index (κ1) is 14.1. The number of alkyl halides is 2. The van der Waals surface area contributed by atoms with Crippen molar-refractivity contribution in [3.8, 4) is 11.5 Å². The molecule has 0 aliphatic heterocycles. The Hall–Kier alpha value is -2.36. The van der Waals surface area contributed by atoms with Crippen LogP contribution in [0.4, 0.5) is 8.78 Å². The summed E-state index contributed by atoms with van der Waals surface area (Å²) >= 11 is 0. The number of ether oxygens (including phenoxy) is 1. The minimum absolute atomic E-state index is 0.00176. The molecule has 0 aliphatic carbocycles. The van der Waals surface area contributed by atoms with Gasteiger partial charge in [-0.15, -0.1) is 0 Å². The predicted molar refractivity (Wildman–Crippen MR) is 73.9 cm³/mol. The molecular weight excluding hydrogens is 262 g/mol. The van der Waals surface area contributed by atoms with Crippen LogP contribution in [0.15, 0.2) is 49.0 Å². The molecule has 4 heteroatoms. The maximum absolute atomic E-state index is 14.0. The summed E-state index contributed by atoms with van der Waals surface area (Å²) in [6.45, 7) is 5.18. The smallest absolute Gasteiger partial charge is 0.426 e. The number of halogens is 2. The molecule has 2 aromatic rings. The average Bonchev–Trinajstić information content (AvgIpc) is 2.43. The lowest BCUT2D eigenvalue weighted by atomic mass is 10.1. The summed E-state index contributed by atoms with van der Waals surface area (Å²) in [5, 5.41) is 9.36. The Balaban J connectivity index is 2.24. The second-order valence-electron chi connectivity index (χ2n) is 4.39. The lowest BCUT2D eigenvalue weighted by molar-refractivity contribution is -0.185. The Kier molecular flexibility index (Phi) is 3.74. The highest BCUT2D eigenvalue weighted by atomic mass is 19.3. The van der Waals surface area contributed by atoms with Gasteiger partial charge in [0.25, 0.3) is 0 Å². The van der Waals surface area contributed by atoms with E-state index in [2.05, 4.69) is 6.58 Å². The van der Waals surface area contributed by atoms with E-state index in [4.69, 9.17) is 4.74 Å². The fourth-order valence-corrected chi connectivity index (χ4v) is 1.71. The molecule has 0 amide bonds. The van der Waals surface area contributed by atoms with E-state index in [0.717, 1.165) is 5.56 Å². The van der Waals surface area contributed by atoms with Gasteiger partial charge in [0.05, 0.1) is 5.56 Å². The van der Waals surface area contributed by atoms with Crippen LogP contribution in [0.25, 0.3) is 6.08 Å². The van der Waals surface area contributed by atoms with E-state index in [9.17, 15) is 13.9 Å². The van der Waals surface area contributed by atoms with E-state index in [0.29, 0.717) is 5.56 Å². The number of hydrogen-bond donors (Lipinski definition) is 1. The van der Waals surface area contributed by atoms with Crippen molar-refractivity contribution in [3.05, 3.63) is 65.7 Å². The lowest BCUT2D eigenvalue weighted by Gasteiger charge is -2.18. The first-order valence-corrected chi connectivity index (χ1v) is 6.02. The number of benzene rings is 2. The Morgan fingerprint density at radius 1 is 1.15 bits per heavy atom. The molecule has 0 heterocycles. The Labute approximate surface area is 115 Å². The summed E-state index contributed by atoms with van der Waals surface area (Å²) in [5.74, 6) is 0.0362. The van der Waals surface area contributed by atoms with Crippen molar-refractivity contribution in [1.82, 2.24) is 0 Å². The van der Waals surface area contributed by atoms with Crippen molar-refractivity contribution in [2.24, 2.45) is 0 Å². The fraction of sp³-hybridized carbons (Fsp3) is 0.125. The molecule has 20 heavy (non-hydrogen) atoms. The van der Waals surface area contributed by atoms with Gasteiger partial charge in [-0.1, -0.05) is 24.8 Å². The molecule has 104 valence electrons. The minimum atomic E-state index is -3.44. The van der Waals surface area contributed by atoms with Crippen LogP contribution in [0.5, 0.6) is 11.5 Å². The normalized spacial score (nSPS) is 11.2. The Morgan fingerprint density at radius 2 is 1.80 bits per heavy atom. The number of rotatable bonds is 4.